The normalized spacial score (nSPS) is 12.2. The van der Waals surface area contributed by atoms with Crippen LogP contribution in [0.15, 0.2) is 24.4 Å². The summed E-state index contributed by atoms with van der Waals surface area (Å²) in [7, 11) is 3.39. The van der Waals surface area contributed by atoms with Gasteiger partial charge < -0.3 is 9.64 Å². The van der Waals surface area contributed by atoms with Crippen LogP contribution in [0.1, 0.15) is 28.7 Å². The largest absolute Gasteiger partial charge is 0.380 e. The SMILES string of the molecule is CO[C@H](C)CN(C)C(=O)c1ccc(-n2nc(C)cc2C)nc1. The average molecular weight is 302 g/mol. The number of likely N-dealkylation sites (N-methyl/N-ethyl adjacent to an activating group) is 1. The number of hydrogen-bond acceptors (Lipinski definition) is 4. The molecule has 1 amide bonds. The molecule has 0 spiro atoms. The van der Waals surface area contributed by atoms with Crippen LogP contribution in [0.4, 0.5) is 0 Å². The van der Waals surface area contributed by atoms with E-state index >= 15 is 0 Å². The molecule has 2 aromatic rings. The summed E-state index contributed by atoms with van der Waals surface area (Å²) in [6, 6.07) is 5.57. The molecular formula is C16H22N4O2. The van der Waals surface area contributed by atoms with Gasteiger partial charge in [-0.15, -0.1) is 0 Å². The van der Waals surface area contributed by atoms with Gasteiger partial charge in [-0.05, 0) is 39.0 Å². The van der Waals surface area contributed by atoms with Crippen molar-refractivity contribution in [3.63, 3.8) is 0 Å². The number of pyridine rings is 1. The Morgan fingerprint density at radius 1 is 1.41 bits per heavy atom. The lowest BCUT2D eigenvalue weighted by atomic mass is 10.2. The molecule has 1 atom stereocenters. The molecule has 2 heterocycles. The minimum absolute atomic E-state index is 0.00381. The molecule has 0 saturated heterocycles. The highest BCUT2D eigenvalue weighted by Gasteiger charge is 2.15. The van der Waals surface area contributed by atoms with Crippen LogP contribution < -0.4 is 0 Å². The van der Waals surface area contributed by atoms with Crippen LogP contribution in [0.25, 0.3) is 5.82 Å². The lowest BCUT2D eigenvalue weighted by Crippen LogP contribution is -2.33. The molecule has 6 heteroatoms. The second kappa shape index (κ2) is 6.70. The van der Waals surface area contributed by atoms with Gasteiger partial charge in [0.05, 0.1) is 17.4 Å². The number of carbonyl (C=O) groups is 1. The number of carbonyl (C=O) groups excluding carboxylic acids is 1. The molecule has 0 aliphatic rings. The van der Waals surface area contributed by atoms with Crippen molar-refractivity contribution in [1.82, 2.24) is 19.7 Å². The van der Waals surface area contributed by atoms with Crippen LogP contribution in [-0.4, -0.2) is 52.4 Å². The number of amides is 1. The van der Waals surface area contributed by atoms with Crippen molar-refractivity contribution in [1.29, 1.82) is 0 Å². The minimum Gasteiger partial charge on any atom is -0.380 e. The van der Waals surface area contributed by atoms with Crippen LogP contribution in [0.5, 0.6) is 0 Å². The van der Waals surface area contributed by atoms with E-state index in [-0.39, 0.29) is 12.0 Å². The van der Waals surface area contributed by atoms with Crippen molar-refractivity contribution >= 4 is 5.91 Å². The lowest BCUT2D eigenvalue weighted by Gasteiger charge is -2.20. The summed E-state index contributed by atoms with van der Waals surface area (Å²) in [5, 5.41) is 4.38. The second-order valence-corrected chi connectivity index (χ2v) is 5.48. The molecule has 0 unspecified atom stereocenters. The Labute approximate surface area is 130 Å². The zero-order valence-corrected chi connectivity index (χ0v) is 13.7. The second-order valence-electron chi connectivity index (χ2n) is 5.48. The van der Waals surface area contributed by atoms with Crippen molar-refractivity contribution in [3.05, 3.63) is 41.3 Å². The van der Waals surface area contributed by atoms with Crippen molar-refractivity contribution in [2.75, 3.05) is 20.7 Å². The first-order valence-corrected chi connectivity index (χ1v) is 7.20. The zero-order chi connectivity index (χ0) is 16.3. The maximum Gasteiger partial charge on any atom is 0.255 e. The summed E-state index contributed by atoms with van der Waals surface area (Å²) in [5.74, 6) is 0.631. The summed E-state index contributed by atoms with van der Waals surface area (Å²) in [6.45, 7) is 6.37. The van der Waals surface area contributed by atoms with Crippen molar-refractivity contribution in [2.24, 2.45) is 0 Å². The first kappa shape index (κ1) is 16.2. The van der Waals surface area contributed by atoms with Crippen molar-refractivity contribution in [2.45, 2.75) is 26.9 Å². The fourth-order valence-electron chi connectivity index (χ4n) is 2.26. The molecule has 22 heavy (non-hydrogen) atoms. The summed E-state index contributed by atoms with van der Waals surface area (Å²) in [4.78, 5) is 18.3. The topological polar surface area (TPSA) is 60.2 Å². The molecule has 0 saturated carbocycles. The third-order valence-electron chi connectivity index (χ3n) is 3.50. The number of aromatic nitrogens is 3. The van der Waals surface area contributed by atoms with Gasteiger partial charge >= 0.3 is 0 Å². The predicted octanol–water partition coefficient (Wildman–Crippen LogP) is 1.99. The van der Waals surface area contributed by atoms with E-state index in [0.717, 1.165) is 11.4 Å². The molecule has 118 valence electrons. The molecule has 6 nitrogen and oxygen atoms in total. The third kappa shape index (κ3) is 3.51. The van der Waals surface area contributed by atoms with Gasteiger partial charge in [0.2, 0.25) is 0 Å². The summed E-state index contributed by atoms with van der Waals surface area (Å²) < 4.78 is 6.94. The molecule has 0 radical (unpaired) electrons. The van der Waals surface area contributed by atoms with Crippen molar-refractivity contribution in [3.8, 4) is 5.82 Å². The molecule has 0 aliphatic carbocycles. The molecule has 0 aliphatic heterocycles. The Hall–Kier alpha value is -2.21. The Kier molecular flexibility index (Phi) is 4.92. The van der Waals surface area contributed by atoms with Gasteiger partial charge in [-0.3, -0.25) is 4.79 Å². The molecular weight excluding hydrogens is 280 g/mol. The van der Waals surface area contributed by atoms with Crippen LogP contribution in [0, 0.1) is 13.8 Å². The lowest BCUT2D eigenvalue weighted by molar-refractivity contribution is 0.0599. The third-order valence-corrected chi connectivity index (χ3v) is 3.50. The van der Waals surface area contributed by atoms with Gasteiger partial charge in [0, 0.05) is 32.6 Å². The standard InChI is InChI=1S/C16H22N4O2/c1-11-8-12(2)20(18-11)15-7-6-14(9-17-15)16(21)19(4)10-13(3)22-5/h6-9,13H,10H2,1-5H3/t13-/m1/s1. The van der Waals surface area contributed by atoms with E-state index in [2.05, 4.69) is 10.1 Å². The number of hydrogen-bond donors (Lipinski definition) is 0. The van der Waals surface area contributed by atoms with Crippen LogP contribution in [0.2, 0.25) is 0 Å². The van der Waals surface area contributed by atoms with Crippen LogP contribution in [-0.2, 0) is 4.74 Å². The van der Waals surface area contributed by atoms with E-state index in [9.17, 15) is 4.79 Å². The van der Waals surface area contributed by atoms with E-state index in [1.54, 1.807) is 42.1 Å². The van der Waals surface area contributed by atoms with E-state index in [1.165, 1.54) is 0 Å². The van der Waals surface area contributed by atoms with Gasteiger partial charge in [-0.1, -0.05) is 0 Å². The fraction of sp³-hybridized carbons (Fsp3) is 0.438. The first-order valence-electron chi connectivity index (χ1n) is 7.20. The van der Waals surface area contributed by atoms with Gasteiger partial charge in [0.15, 0.2) is 5.82 Å². The molecule has 0 bridgehead atoms. The Morgan fingerprint density at radius 2 is 2.14 bits per heavy atom. The van der Waals surface area contributed by atoms with Gasteiger partial charge in [-0.2, -0.15) is 5.10 Å². The van der Waals surface area contributed by atoms with Crippen LogP contribution in [0.3, 0.4) is 0 Å². The van der Waals surface area contributed by atoms with E-state index in [1.807, 2.05) is 26.8 Å². The fourth-order valence-corrected chi connectivity index (χ4v) is 2.26. The highest BCUT2D eigenvalue weighted by Crippen LogP contribution is 2.11. The maximum atomic E-state index is 12.3. The average Bonchev–Trinajstić information content (AvgIpc) is 2.85. The Bertz CT molecular complexity index is 649. The maximum absolute atomic E-state index is 12.3. The molecule has 2 rings (SSSR count). The number of ether oxygens (including phenoxy) is 1. The Morgan fingerprint density at radius 3 is 2.64 bits per heavy atom. The highest BCUT2D eigenvalue weighted by atomic mass is 16.5. The van der Waals surface area contributed by atoms with Crippen LogP contribution >= 0.6 is 0 Å². The van der Waals surface area contributed by atoms with E-state index in [0.29, 0.717) is 17.9 Å². The monoisotopic (exact) mass is 302 g/mol. The van der Waals surface area contributed by atoms with E-state index in [4.69, 9.17) is 4.74 Å². The minimum atomic E-state index is -0.0729. The highest BCUT2D eigenvalue weighted by molar-refractivity contribution is 5.93. The van der Waals surface area contributed by atoms with Gasteiger partial charge in [-0.25, -0.2) is 9.67 Å². The first-order chi connectivity index (χ1) is 10.4. The number of aryl methyl sites for hydroxylation is 2. The zero-order valence-electron chi connectivity index (χ0n) is 13.7. The summed E-state index contributed by atoms with van der Waals surface area (Å²) in [6.07, 6.45) is 1.58. The van der Waals surface area contributed by atoms with E-state index < -0.39 is 0 Å². The number of methoxy groups -OCH3 is 1. The summed E-state index contributed by atoms with van der Waals surface area (Å²) >= 11 is 0. The molecule has 2 aromatic heterocycles. The Balaban J connectivity index is 2.15. The van der Waals surface area contributed by atoms with Crippen molar-refractivity contribution < 1.29 is 9.53 Å². The molecule has 0 aromatic carbocycles. The van der Waals surface area contributed by atoms with Gasteiger partial charge in [0.1, 0.15) is 0 Å². The smallest absolute Gasteiger partial charge is 0.255 e. The number of rotatable bonds is 5. The summed E-state index contributed by atoms with van der Waals surface area (Å²) in [5.41, 5.74) is 2.50. The quantitative estimate of drug-likeness (QED) is 0.847. The predicted molar refractivity (Wildman–Crippen MR) is 84.3 cm³/mol. The molecule has 0 N–H and O–H groups in total. The van der Waals surface area contributed by atoms with Gasteiger partial charge in [0.25, 0.3) is 5.91 Å². The molecule has 0 fully saturated rings. The number of nitrogens with zero attached hydrogens (tertiary/aromatic N) is 4.